The average Bonchev–Trinajstić information content (AvgIpc) is 3.08. The largest absolute Gasteiger partial charge is 0.465 e. The number of hydrogen-bond donors (Lipinski definition) is 2. The van der Waals surface area contributed by atoms with E-state index in [4.69, 9.17) is 0 Å². The van der Waals surface area contributed by atoms with E-state index in [9.17, 15) is 19.5 Å². The molecule has 0 aliphatic carbocycles. The zero-order valence-corrected chi connectivity index (χ0v) is 15.9. The summed E-state index contributed by atoms with van der Waals surface area (Å²) >= 11 is 0. The number of rotatable bonds is 7. The molecule has 2 N–H and O–H groups in total. The Kier molecular flexibility index (Phi) is 6.92. The molecular formula is C19H26N2O6. The van der Waals surface area contributed by atoms with Gasteiger partial charge in [0.25, 0.3) is 0 Å². The molecule has 1 atom stereocenters. The molecule has 1 amide bonds. The lowest BCUT2D eigenvalue weighted by atomic mass is 9.94. The number of ether oxygens (including phenoxy) is 2. The zero-order chi connectivity index (χ0) is 20.0. The molecule has 1 heterocycles. The molecule has 1 aliphatic rings. The summed E-state index contributed by atoms with van der Waals surface area (Å²) < 4.78 is 9.38. The van der Waals surface area contributed by atoms with Gasteiger partial charge in [0.1, 0.15) is 0 Å². The lowest BCUT2D eigenvalue weighted by molar-refractivity contribution is -0.118. The summed E-state index contributed by atoms with van der Waals surface area (Å²) in [4.78, 5) is 38.2. The smallest absolute Gasteiger partial charge is 0.337 e. The van der Waals surface area contributed by atoms with Gasteiger partial charge >= 0.3 is 11.9 Å². The monoisotopic (exact) mass is 378 g/mol. The maximum atomic E-state index is 12.5. The highest BCUT2D eigenvalue weighted by Crippen LogP contribution is 2.31. The SMILES string of the molecule is CC[C@]1(CO)CCCN1CC(=O)Nc1cc(C(=O)OC)cc(C(=O)OC)c1. The van der Waals surface area contributed by atoms with Crippen LogP contribution in [-0.4, -0.2) is 67.3 Å². The van der Waals surface area contributed by atoms with Crippen molar-refractivity contribution in [2.75, 3.05) is 39.2 Å². The van der Waals surface area contributed by atoms with Gasteiger partial charge in [-0.2, -0.15) is 0 Å². The maximum absolute atomic E-state index is 12.5. The van der Waals surface area contributed by atoms with Gasteiger partial charge in [0.15, 0.2) is 0 Å². The number of carbonyl (C=O) groups excluding carboxylic acids is 3. The van der Waals surface area contributed by atoms with Crippen molar-refractivity contribution in [3.63, 3.8) is 0 Å². The van der Waals surface area contributed by atoms with Crippen LogP contribution in [-0.2, 0) is 14.3 Å². The Hall–Kier alpha value is -2.45. The van der Waals surface area contributed by atoms with Crippen molar-refractivity contribution in [2.45, 2.75) is 31.7 Å². The average molecular weight is 378 g/mol. The Balaban J connectivity index is 2.19. The van der Waals surface area contributed by atoms with E-state index in [-0.39, 0.29) is 35.7 Å². The topological polar surface area (TPSA) is 105 Å². The van der Waals surface area contributed by atoms with E-state index >= 15 is 0 Å². The van der Waals surface area contributed by atoms with Crippen LogP contribution in [0.25, 0.3) is 0 Å². The van der Waals surface area contributed by atoms with Crippen LogP contribution in [0.2, 0.25) is 0 Å². The molecular weight excluding hydrogens is 352 g/mol. The molecule has 0 unspecified atom stereocenters. The van der Waals surface area contributed by atoms with Crippen LogP contribution in [0.15, 0.2) is 18.2 Å². The zero-order valence-electron chi connectivity index (χ0n) is 15.9. The van der Waals surface area contributed by atoms with Crippen LogP contribution in [0.5, 0.6) is 0 Å². The third-order valence-corrected chi connectivity index (χ3v) is 5.09. The van der Waals surface area contributed by atoms with Crippen molar-refractivity contribution in [2.24, 2.45) is 0 Å². The van der Waals surface area contributed by atoms with E-state index in [2.05, 4.69) is 14.8 Å². The van der Waals surface area contributed by atoms with Crippen LogP contribution in [0, 0.1) is 0 Å². The molecule has 27 heavy (non-hydrogen) atoms. The first-order valence-electron chi connectivity index (χ1n) is 8.86. The fraction of sp³-hybridized carbons (Fsp3) is 0.526. The van der Waals surface area contributed by atoms with Gasteiger partial charge in [-0.05, 0) is 44.0 Å². The fourth-order valence-electron chi connectivity index (χ4n) is 3.48. The normalized spacial score (nSPS) is 19.6. The summed E-state index contributed by atoms with van der Waals surface area (Å²) in [5.41, 5.74) is 0.196. The third-order valence-electron chi connectivity index (χ3n) is 5.09. The van der Waals surface area contributed by atoms with Crippen LogP contribution < -0.4 is 5.32 Å². The van der Waals surface area contributed by atoms with Gasteiger partial charge in [-0.25, -0.2) is 9.59 Å². The first-order valence-corrected chi connectivity index (χ1v) is 8.86. The van der Waals surface area contributed by atoms with E-state index in [0.717, 1.165) is 25.8 Å². The van der Waals surface area contributed by atoms with Crippen molar-refractivity contribution in [3.05, 3.63) is 29.3 Å². The van der Waals surface area contributed by atoms with Gasteiger partial charge in [0, 0.05) is 11.2 Å². The molecule has 148 valence electrons. The predicted molar refractivity (Wildman–Crippen MR) is 98.7 cm³/mol. The lowest BCUT2D eigenvalue weighted by Gasteiger charge is -2.35. The minimum absolute atomic E-state index is 0.00109. The molecule has 0 spiro atoms. The number of likely N-dealkylation sites (tertiary alicyclic amines) is 1. The number of nitrogens with one attached hydrogen (secondary N) is 1. The number of carbonyl (C=O) groups is 3. The molecule has 1 aromatic rings. The minimum Gasteiger partial charge on any atom is -0.465 e. The van der Waals surface area contributed by atoms with Crippen molar-refractivity contribution in [1.29, 1.82) is 0 Å². The van der Waals surface area contributed by atoms with E-state index in [1.54, 1.807) is 0 Å². The summed E-state index contributed by atoms with van der Waals surface area (Å²) in [6.07, 6.45) is 2.52. The Labute approximate surface area is 158 Å². The van der Waals surface area contributed by atoms with Crippen molar-refractivity contribution >= 4 is 23.5 Å². The summed E-state index contributed by atoms with van der Waals surface area (Å²) in [5.74, 6) is -1.54. The minimum atomic E-state index is -0.624. The first kappa shape index (κ1) is 20.9. The van der Waals surface area contributed by atoms with Crippen molar-refractivity contribution < 1.29 is 29.0 Å². The molecule has 8 heteroatoms. The maximum Gasteiger partial charge on any atom is 0.337 e. The Morgan fingerprint density at radius 2 is 1.74 bits per heavy atom. The van der Waals surface area contributed by atoms with Crippen LogP contribution in [0.3, 0.4) is 0 Å². The second-order valence-corrected chi connectivity index (χ2v) is 6.59. The van der Waals surface area contributed by atoms with Gasteiger partial charge in [-0.3, -0.25) is 9.69 Å². The van der Waals surface area contributed by atoms with Gasteiger partial charge in [0.2, 0.25) is 5.91 Å². The van der Waals surface area contributed by atoms with Gasteiger partial charge in [0.05, 0.1) is 38.5 Å². The molecule has 2 rings (SSSR count). The second kappa shape index (κ2) is 8.96. The highest BCUT2D eigenvalue weighted by molar-refractivity contribution is 5.99. The number of esters is 2. The molecule has 1 aromatic carbocycles. The highest BCUT2D eigenvalue weighted by atomic mass is 16.5. The lowest BCUT2D eigenvalue weighted by Crippen LogP contribution is -2.49. The molecule has 0 bridgehead atoms. The van der Waals surface area contributed by atoms with Gasteiger partial charge in [-0.15, -0.1) is 0 Å². The number of benzene rings is 1. The Morgan fingerprint density at radius 3 is 2.22 bits per heavy atom. The van der Waals surface area contributed by atoms with Gasteiger partial charge in [-0.1, -0.05) is 6.92 Å². The fourth-order valence-corrected chi connectivity index (χ4v) is 3.48. The summed E-state index contributed by atoms with van der Waals surface area (Å²) in [6, 6.07) is 4.24. The van der Waals surface area contributed by atoms with Crippen molar-refractivity contribution in [3.8, 4) is 0 Å². The number of aliphatic hydroxyl groups excluding tert-OH is 1. The van der Waals surface area contributed by atoms with E-state index < -0.39 is 11.9 Å². The van der Waals surface area contributed by atoms with Gasteiger partial charge < -0.3 is 19.9 Å². The summed E-state index contributed by atoms with van der Waals surface area (Å²) in [5, 5.41) is 12.5. The number of nitrogens with zero attached hydrogens (tertiary/aromatic N) is 1. The Bertz CT molecular complexity index is 680. The van der Waals surface area contributed by atoms with E-state index in [1.165, 1.54) is 32.4 Å². The summed E-state index contributed by atoms with van der Waals surface area (Å²) in [6.45, 7) is 2.85. The van der Waals surface area contributed by atoms with Crippen molar-refractivity contribution in [1.82, 2.24) is 4.90 Å². The number of aliphatic hydroxyl groups is 1. The van der Waals surface area contributed by atoms with E-state index in [1.807, 2.05) is 11.8 Å². The molecule has 0 radical (unpaired) electrons. The molecule has 1 aliphatic heterocycles. The third kappa shape index (κ3) is 4.64. The molecule has 0 saturated carbocycles. The first-order chi connectivity index (χ1) is 12.9. The number of hydrogen-bond acceptors (Lipinski definition) is 7. The Morgan fingerprint density at radius 1 is 1.15 bits per heavy atom. The van der Waals surface area contributed by atoms with Crippen LogP contribution in [0.1, 0.15) is 46.9 Å². The van der Waals surface area contributed by atoms with Crippen LogP contribution in [0.4, 0.5) is 5.69 Å². The predicted octanol–water partition coefficient (Wildman–Crippen LogP) is 1.44. The quantitative estimate of drug-likeness (QED) is 0.692. The molecule has 1 fully saturated rings. The van der Waals surface area contributed by atoms with E-state index in [0.29, 0.717) is 5.69 Å². The molecule has 8 nitrogen and oxygen atoms in total. The standard InChI is InChI=1S/C19H26N2O6/c1-4-19(12-22)6-5-7-21(19)11-16(23)20-15-9-13(17(24)26-2)8-14(10-15)18(25)27-3/h8-10,22H,4-7,11-12H2,1-3H3,(H,20,23)/t19-/m1/s1. The van der Waals surface area contributed by atoms with Crippen LogP contribution >= 0.6 is 0 Å². The highest BCUT2D eigenvalue weighted by Gasteiger charge is 2.39. The number of amides is 1. The number of methoxy groups -OCH3 is 2. The summed E-state index contributed by atoms with van der Waals surface area (Å²) in [7, 11) is 2.47. The molecule has 0 aromatic heterocycles. The second-order valence-electron chi connectivity index (χ2n) is 6.59. The number of anilines is 1. The molecule has 1 saturated heterocycles.